The molecule has 0 aliphatic carbocycles. The molecule has 0 radical (unpaired) electrons. The number of hydrogen-bond acceptors (Lipinski definition) is 4. The molecular formula is C13H19N3O2. The number of ether oxygens (including phenoxy) is 1. The number of aromatic nitrogens is 1. The van der Waals surface area contributed by atoms with Crippen molar-refractivity contribution in [1.82, 2.24) is 9.88 Å². The predicted octanol–water partition coefficient (Wildman–Crippen LogP) is 0.790. The molecule has 0 bridgehead atoms. The Kier molecular flexibility index (Phi) is 3.93. The van der Waals surface area contributed by atoms with Gasteiger partial charge in [0.1, 0.15) is 5.69 Å². The lowest BCUT2D eigenvalue weighted by Crippen LogP contribution is -2.45. The minimum Gasteiger partial charge on any atom is -0.373 e. The second-order valence-corrected chi connectivity index (χ2v) is 4.83. The molecule has 1 aliphatic heterocycles. The molecule has 5 nitrogen and oxygen atoms in total. The molecule has 2 N–H and O–H groups in total. The second-order valence-electron chi connectivity index (χ2n) is 4.83. The third-order valence-electron chi connectivity index (χ3n) is 2.94. The Morgan fingerprint density at radius 3 is 2.72 bits per heavy atom. The van der Waals surface area contributed by atoms with Gasteiger partial charge in [-0.2, -0.15) is 0 Å². The van der Waals surface area contributed by atoms with E-state index in [4.69, 9.17) is 10.5 Å². The minimum absolute atomic E-state index is 0.230. The van der Waals surface area contributed by atoms with Crippen molar-refractivity contribution in [1.29, 1.82) is 0 Å². The van der Waals surface area contributed by atoms with Gasteiger partial charge in [-0.3, -0.25) is 9.69 Å². The summed E-state index contributed by atoms with van der Waals surface area (Å²) < 4.78 is 5.68. The molecular weight excluding hydrogens is 230 g/mol. The first-order valence-corrected chi connectivity index (χ1v) is 6.18. The number of nitrogens with zero attached hydrogens (tertiary/aromatic N) is 2. The topological polar surface area (TPSA) is 68.5 Å². The number of nitrogens with two attached hydrogens (primary N) is 1. The number of morpholine rings is 1. The van der Waals surface area contributed by atoms with Crippen LogP contribution in [0.4, 0.5) is 0 Å². The zero-order valence-corrected chi connectivity index (χ0v) is 10.8. The van der Waals surface area contributed by atoms with Gasteiger partial charge in [0.15, 0.2) is 0 Å². The summed E-state index contributed by atoms with van der Waals surface area (Å²) in [5.74, 6) is -0.486. The van der Waals surface area contributed by atoms with E-state index in [1.807, 2.05) is 12.1 Å². The molecule has 1 aromatic heterocycles. The summed E-state index contributed by atoms with van der Waals surface area (Å²) in [6.45, 7) is 6.62. The van der Waals surface area contributed by atoms with Crippen molar-refractivity contribution >= 4 is 5.91 Å². The quantitative estimate of drug-likeness (QED) is 0.860. The number of primary amides is 1. The number of hydrogen-bond donors (Lipinski definition) is 1. The third-order valence-corrected chi connectivity index (χ3v) is 2.94. The number of carbonyl (C=O) groups excluding carboxylic acids is 1. The van der Waals surface area contributed by atoms with Crippen molar-refractivity contribution in [2.45, 2.75) is 32.6 Å². The van der Waals surface area contributed by atoms with Crippen LogP contribution in [0.2, 0.25) is 0 Å². The fraction of sp³-hybridized carbons (Fsp3) is 0.538. The van der Waals surface area contributed by atoms with Gasteiger partial charge in [-0.15, -0.1) is 0 Å². The molecule has 0 aromatic carbocycles. The van der Waals surface area contributed by atoms with Crippen molar-refractivity contribution in [3.63, 3.8) is 0 Å². The van der Waals surface area contributed by atoms with E-state index in [-0.39, 0.29) is 12.2 Å². The van der Waals surface area contributed by atoms with Crippen LogP contribution in [0.1, 0.15) is 30.0 Å². The maximum Gasteiger partial charge on any atom is 0.267 e. The zero-order valence-electron chi connectivity index (χ0n) is 10.8. The molecule has 0 saturated carbocycles. The number of amides is 1. The van der Waals surface area contributed by atoms with Crippen LogP contribution in [0.5, 0.6) is 0 Å². The molecule has 18 heavy (non-hydrogen) atoms. The average Bonchev–Trinajstić information content (AvgIpc) is 2.27. The van der Waals surface area contributed by atoms with Crippen molar-refractivity contribution < 1.29 is 9.53 Å². The smallest absolute Gasteiger partial charge is 0.267 e. The zero-order chi connectivity index (χ0) is 13.1. The highest BCUT2D eigenvalue weighted by molar-refractivity contribution is 5.90. The van der Waals surface area contributed by atoms with Crippen LogP contribution in [-0.2, 0) is 11.3 Å². The monoisotopic (exact) mass is 249 g/mol. The van der Waals surface area contributed by atoms with E-state index in [0.29, 0.717) is 5.69 Å². The van der Waals surface area contributed by atoms with Crippen LogP contribution in [0, 0.1) is 0 Å². The lowest BCUT2D eigenvalue weighted by molar-refractivity contribution is -0.0707. The molecule has 1 fully saturated rings. The Balaban J connectivity index is 2.04. The van der Waals surface area contributed by atoms with E-state index < -0.39 is 5.91 Å². The Morgan fingerprint density at radius 1 is 1.44 bits per heavy atom. The largest absolute Gasteiger partial charge is 0.373 e. The Morgan fingerprint density at radius 2 is 2.11 bits per heavy atom. The van der Waals surface area contributed by atoms with Gasteiger partial charge in [0.2, 0.25) is 0 Å². The number of rotatable bonds is 3. The Hall–Kier alpha value is -1.46. The molecule has 1 amide bonds. The van der Waals surface area contributed by atoms with E-state index in [2.05, 4.69) is 23.7 Å². The minimum atomic E-state index is -0.486. The highest BCUT2D eigenvalue weighted by Crippen LogP contribution is 2.13. The van der Waals surface area contributed by atoms with Gasteiger partial charge in [0.05, 0.1) is 17.9 Å². The summed E-state index contributed by atoms with van der Waals surface area (Å²) in [5, 5.41) is 0. The maximum atomic E-state index is 11.1. The number of carbonyl (C=O) groups is 1. The first kappa shape index (κ1) is 13.0. The standard InChI is InChI=1S/C13H19N3O2/c1-9-6-16(7-10(2)18-9)8-11-4-3-5-12(15-11)13(14)17/h3-5,9-10H,6-8H2,1-2H3,(H2,14,17)/t9-,10+. The third kappa shape index (κ3) is 3.27. The summed E-state index contributed by atoms with van der Waals surface area (Å²) in [6, 6.07) is 5.36. The highest BCUT2D eigenvalue weighted by Gasteiger charge is 2.22. The molecule has 5 heteroatoms. The normalized spacial score (nSPS) is 25.0. The van der Waals surface area contributed by atoms with Gasteiger partial charge in [-0.25, -0.2) is 4.98 Å². The lowest BCUT2D eigenvalue weighted by atomic mass is 10.2. The maximum absolute atomic E-state index is 11.1. The SMILES string of the molecule is C[C@@H]1CN(Cc2cccc(C(N)=O)n2)C[C@H](C)O1. The molecule has 1 saturated heterocycles. The summed E-state index contributed by atoms with van der Waals surface area (Å²) in [6.07, 6.45) is 0.459. The van der Waals surface area contributed by atoms with Gasteiger partial charge in [-0.05, 0) is 26.0 Å². The lowest BCUT2D eigenvalue weighted by Gasteiger charge is -2.35. The van der Waals surface area contributed by atoms with E-state index >= 15 is 0 Å². The van der Waals surface area contributed by atoms with E-state index in [1.165, 1.54) is 0 Å². The molecule has 2 rings (SSSR count). The molecule has 98 valence electrons. The van der Waals surface area contributed by atoms with Gasteiger partial charge < -0.3 is 10.5 Å². The van der Waals surface area contributed by atoms with Crippen molar-refractivity contribution in [3.8, 4) is 0 Å². The first-order valence-electron chi connectivity index (χ1n) is 6.18. The van der Waals surface area contributed by atoms with Gasteiger partial charge in [0, 0.05) is 19.6 Å². The molecule has 2 heterocycles. The van der Waals surface area contributed by atoms with Crippen molar-refractivity contribution in [2.24, 2.45) is 5.73 Å². The van der Waals surface area contributed by atoms with Crippen LogP contribution in [0.15, 0.2) is 18.2 Å². The first-order chi connectivity index (χ1) is 8.54. The van der Waals surface area contributed by atoms with Gasteiger partial charge in [-0.1, -0.05) is 6.07 Å². The number of pyridine rings is 1. The van der Waals surface area contributed by atoms with Crippen LogP contribution in [0.3, 0.4) is 0 Å². The Labute approximate surface area is 107 Å². The molecule has 1 aliphatic rings. The second kappa shape index (κ2) is 5.46. The molecule has 0 spiro atoms. The molecule has 1 aromatic rings. The van der Waals surface area contributed by atoms with Crippen LogP contribution < -0.4 is 5.73 Å². The van der Waals surface area contributed by atoms with Crippen LogP contribution in [-0.4, -0.2) is 41.1 Å². The summed E-state index contributed by atoms with van der Waals surface area (Å²) in [5.41, 5.74) is 6.41. The van der Waals surface area contributed by atoms with E-state index in [9.17, 15) is 4.79 Å². The fourth-order valence-electron chi connectivity index (χ4n) is 2.35. The van der Waals surface area contributed by atoms with E-state index in [1.54, 1.807) is 6.07 Å². The van der Waals surface area contributed by atoms with Crippen molar-refractivity contribution in [2.75, 3.05) is 13.1 Å². The average molecular weight is 249 g/mol. The summed E-state index contributed by atoms with van der Waals surface area (Å²) >= 11 is 0. The van der Waals surface area contributed by atoms with Crippen LogP contribution >= 0.6 is 0 Å². The highest BCUT2D eigenvalue weighted by atomic mass is 16.5. The van der Waals surface area contributed by atoms with Crippen molar-refractivity contribution in [3.05, 3.63) is 29.6 Å². The van der Waals surface area contributed by atoms with Gasteiger partial charge in [0.25, 0.3) is 5.91 Å². The Bertz CT molecular complexity index is 426. The van der Waals surface area contributed by atoms with Crippen LogP contribution in [0.25, 0.3) is 0 Å². The predicted molar refractivity (Wildman–Crippen MR) is 68.0 cm³/mol. The molecule has 2 atom stereocenters. The van der Waals surface area contributed by atoms with E-state index in [0.717, 1.165) is 25.3 Å². The van der Waals surface area contributed by atoms with Gasteiger partial charge >= 0.3 is 0 Å². The molecule has 0 unspecified atom stereocenters. The summed E-state index contributed by atoms with van der Waals surface area (Å²) in [7, 11) is 0. The summed E-state index contributed by atoms with van der Waals surface area (Å²) in [4.78, 5) is 17.6. The fourth-order valence-corrected chi connectivity index (χ4v) is 2.35.